The molecule has 2 aromatic rings. The summed E-state index contributed by atoms with van der Waals surface area (Å²) in [7, 11) is 0. The van der Waals surface area contributed by atoms with E-state index in [0.717, 1.165) is 17.7 Å². The van der Waals surface area contributed by atoms with E-state index < -0.39 is 11.2 Å². The van der Waals surface area contributed by atoms with Gasteiger partial charge in [0, 0.05) is 9.92 Å². The number of tetrazole rings is 1. The first-order chi connectivity index (χ1) is 12.1. The van der Waals surface area contributed by atoms with Gasteiger partial charge in [-0.25, -0.2) is 4.68 Å². The van der Waals surface area contributed by atoms with Crippen LogP contribution >= 0.6 is 23.4 Å². The van der Waals surface area contributed by atoms with Crippen LogP contribution in [-0.4, -0.2) is 37.3 Å². The third-order valence-corrected chi connectivity index (χ3v) is 5.44. The minimum Gasteiger partial charge on any atom is -0.457 e. The van der Waals surface area contributed by atoms with Crippen molar-refractivity contribution in [2.75, 3.05) is 5.32 Å². The molecule has 0 bridgehead atoms. The van der Waals surface area contributed by atoms with Gasteiger partial charge in [-0.2, -0.15) is 0 Å². The van der Waals surface area contributed by atoms with Crippen LogP contribution in [-0.2, 0) is 20.9 Å². The minimum atomic E-state index is -0.541. The number of esters is 1. The summed E-state index contributed by atoms with van der Waals surface area (Å²) in [5.74, 6) is -0.175. The first-order valence-electron chi connectivity index (χ1n) is 7.79. The summed E-state index contributed by atoms with van der Waals surface area (Å²) in [6.07, 6.45) is 2.05. The molecule has 1 aromatic heterocycles. The third kappa shape index (κ3) is 3.62. The van der Waals surface area contributed by atoms with Gasteiger partial charge in [0.2, 0.25) is 5.91 Å². The number of thioether (sulfide) groups is 1. The molecule has 2 heterocycles. The Morgan fingerprint density at radius 3 is 3.08 bits per heavy atom. The van der Waals surface area contributed by atoms with Gasteiger partial charge < -0.3 is 10.1 Å². The van der Waals surface area contributed by atoms with Gasteiger partial charge >= 0.3 is 5.97 Å². The number of hydrogen-bond donors (Lipinski definition) is 1. The van der Waals surface area contributed by atoms with Crippen LogP contribution in [0.25, 0.3) is 0 Å². The molecular weight excluding hydrogens is 366 g/mol. The molecule has 4 rings (SSSR count). The van der Waals surface area contributed by atoms with Gasteiger partial charge in [-0.3, -0.25) is 9.59 Å². The van der Waals surface area contributed by atoms with Crippen molar-refractivity contribution in [1.29, 1.82) is 0 Å². The van der Waals surface area contributed by atoms with Crippen molar-refractivity contribution in [3.05, 3.63) is 29.0 Å². The zero-order valence-corrected chi connectivity index (χ0v) is 14.6. The fourth-order valence-electron chi connectivity index (χ4n) is 2.52. The molecule has 1 aromatic carbocycles. The number of halogens is 1. The molecule has 1 saturated carbocycles. The van der Waals surface area contributed by atoms with E-state index in [1.165, 1.54) is 11.8 Å². The summed E-state index contributed by atoms with van der Waals surface area (Å²) in [5, 5.41) is 14.2. The maximum atomic E-state index is 12.2. The van der Waals surface area contributed by atoms with Crippen molar-refractivity contribution in [3.63, 3.8) is 0 Å². The molecule has 2 aliphatic rings. The maximum absolute atomic E-state index is 12.2. The van der Waals surface area contributed by atoms with E-state index in [1.54, 1.807) is 16.8 Å². The molecule has 1 amide bonds. The number of rotatable bonds is 5. The minimum absolute atomic E-state index is 0.00747. The summed E-state index contributed by atoms with van der Waals surface area (Å²) < 4.78 is 6.94. The van der Waals surface area contributed by atoms with Crippen molar-refractivity contribution >= 4 is 40.9 Å². The second-order valence-corrected chi connectivity index (χ2v) is 7.55. The van der Waals surface area contributed by atoms with Gasteiger partial charge in [0.1, 0.15) is 0 Å². The lowest BCUT2D eigenvalue weighted by molar-refractivity contribution is -0.146. The predicted octanol–water partition coefficient (Wildman–Crippen LogP) is 2.21. The van der Waals surface area contributed by atoms with Gasteiger partial charge in [-0.1, -0.05) is 11.6 Å². The zero-order valence-electron chi connectivity index (χ0n) is 13.0. The molecule has 0 spiro atoms. The monoisotopic (exact) mass is 379 g/mol. The highest BCUT2D eigenvalue weighted by Gasteiger charge is 2.31. The van der Waals surface area contributed by atoms with E-state index in [1.807, 2.05) is 6.07 Å². The van der Waals surface area contributed by atoms with Crippen LogP contribution < -0.4 is 5.32 Å². The number of ether oxygens (including phenoxy) is 1. The first kappa shape index (κ1) is 16.3. The Bertz CT molecular complexity index is 838. The van der Waals surface area contributed by atoms with Crippen molar-refractivity contribution < 1.29 is 14.3 Å². The van der Waals surface area contributed by atoms with Crippen LogP contribution in [0.3, 0.4) is 0 Å². The Labute approximate surface area is 152 Å². The van der Waals surface area contributed by atoms with Crippen molar-refractivity contribution in [3.8, 4) is 0 Å². The zero-order chi connectivity index (χ0) is 17.4. The summed E-state index contributed by atoms with van der Waals surface area (Å²) in [5.41, 5.74) is 0.663. The number of nitrogens with one attached hydrogen (secondary N) is 1. The lowest BCUT2D eigenvalue weighted by Gasteiger charge is -2.23. The highest BCUT2D eigenvalue weighted by atomic mass is 35.5. The number of amides is 1. The highest BCUT2D eigenvalue weighted by molar-refractivity contribution is 8.01. The molecule has 0 radical (unpaired) electrons. The Hall–Kier alpha value is -2.13. The van der Waals surface area contributed by atoms with Crippen molar-refractivity contribution in [2.45, 2.75) is 42.1 Å². The van der Waals surface area contributed by atoms with Crippen LogP contribution in [0.2, 0.25) is 5.02 Å². The van der Waals surface area contributed by atoms with Gasteiger partial charge in [-0.15, -0.1) is 16.9 Å². The van der Waals surface area contributed by atoms with E-state index in [0.29, 0.717) is 22.6 Å². The van der Waals surface area contributed by atoms with E-state index >= 15 is 0 Å². The Kier molecular flexibility index (Phi) is 4.34. The van der Waals surface area contributed by atoms with Crippen LogP contribution in [0.15, 0.2) is 23.1 Å². The maximum Gasteiger partial charge on any atom is 0.307 e. The summed E-state index contributed by atoms with van der Waals surface area (Å²) in [4.78, 5) is 25.1. The topological polar surface area (TPSA) is 99.0 Å². The molecule has 1 unspecified atom stereocenters. The lowest BCUT2D eigenvalue weighted by atomic mass is 10.2. The van der Waals surface area contributed by atoms with E-state index in [9.17, 15) is 9.59 Å². The van der Waals surface area contributed by atoms with Crippen LogP contribution in [0, 0.1) is 0 Å². The normalized spacial score (nSPS) is 19.2. The third-order valence-electron chi connectivity index (χ3n) is 3.93. The molecular formula is C15H14ClN5O3S. The van der Waals surface area contributed by atoms with Crippen LogP contribution in [0.4, 0.5) is 5.69 Å². The van der Waals surface area contributed by atoms with Gasteiger partial charge in [-0.05, 0) is 41.5 Å². The number of benzene rings is 1. The second kappa shape index (κ2) is 6.64. The highest BCUT2D eigenvalue weighted by Crippen LogP contribution is 2.38. The average molecular weight is 380 g/mol. The SMILES string of the molecule is O=C(CC1Sc2ccc(Cl)cc2NC1=O)OCc1nnnn1C1CC1. The first-order valence-corrected chi connectivity index (χ1v) is 9.05. The van der Waals surface area contributed by atoms with Gasteiger partial charge in [0.15, 0.2) is 12.4 Å². The molecule has 0 saturated heterocycles. The van der Waals surface area contributed by atoms with Crippen LogP contribution in [0.1, 0.15) is 31.1 Å². The summed E-state index contributed by atoms with van der Waals surface area (Å²) >= 11 is 7.25. The number of nitrogens with zero attached hydrogens (tertiary/aromatic N) is 4. The van der Waals surface area contributed by atoms with E-state index in [4.69, 9.17) is 16.3 Å². The number of anilines is 1. The second-order valence-electron chi connectivity index (χ2n) is 5.87. The molecule has 1 atom stereocenters. The van der Waals surface area contributed by atoms with E-state index in [2.05, 4.69) is 20.8 Å². The lowest BCUT2D eigenvalue weighted by Crippen LogP contribution is -2.31. The summed E-state index contributed by atoms with van der Waals surface area (Å²) in [6.45, 7) is 0.00747. The molecule has 1 aliphatic carbocycles. The predicted molar refractivity (Wildman–Crippen MR) is 90.2 cm³/mol. The molecule has 1 fully saturated rings. The Balaban J connectivity index is 1.35. The largest absolute Gasteiger partial charge is 0.457 e. The van der Waals surface area contributed by atoms with Gasteiger partial charge in [0.05, 0.1) is 23.4 Å². The fourth-order valence-corrected chi connectivity index (χ4v) is 3.77. The standard InChI is InChI=1S/C15H14ClN5O3S/c16-8-1-4-11-10(5-8)17-15(23)12(25-11)6-14(22)24-7-13-18-19-20-21(13)9-2-3-9/h1,4-5,9,12H,2-3,6-7H2,(H,17,23). The van der Waals surface area contributed by atoms with Crippen LogP contribution in [0.5, 0.6) is 0 Å². The number of fused-ring (bicyclic) bond motifs is 1. The summed E-state index contributed by atoms with van der Waals surface area (Å²) in [6, 6.07) is 5.57. The molecule has 8 nitrogen and oxygen atoms in total. The Morgan fingerprint density at radius 1 is 1.44 bits per heavy atom. The number of aromatic nitrogens is 4. The smallest absolute Gasteiger partial charge is 0.307 e. The van der Waals surface area contributed by atoms with E-state index in [-0.39, 0.29) is 18.9 Å². The van der Waals surface area contributed by atoms with Crippen molar-refractivity contribution in [1.82, 2.24) is 20.2 Å². The quantitative estimate of drug-likeness (QED) is 0.795. The average Bonchev–Trinajstić information content (AvgIpc) is 3.32. The molecule has 1 N–H and O–H groups in total. The number of carbonyl (C=O) groups is 2. The molecule has 10 heteroatoms. The molecule has 130 valence electrons. The molecule has 1 aliphatic heterocycles. The fraction of sp³-hybridized carbons (Fsp3) is 0.400. The number of hydrogen-bond acceptors (Lipinski definition) is 7. The van der Waals surface area contributed by atoms with Gasteiger partial charge in [0.25, 0.3) is 0 Å². The number of carbonyl (C=O) groups excluding carboxylic acids is 2. The Morgan fingerprint density at radius 2 is 2.28 bits per heavy atom. The van der Waals surface area contributed by atoms with Crippen molar-refractivity contribution in [2.24, 2.45) is 0 Å². The molecule has 25 heavy (non-hydrogen) atoms.